The molecule has 1 heterocycles. The fourth-order valence-corrected chi connectivity index (χ4v) is 3.43. The minimum Gasteiger partial charge on any atom is -0.380 e. The standard InChI is InChI=1S/C19H19ClFNO2/c20-15-11-14(12-16(21)13-15)5-4-8-19(24)9-10-22(18(19)23)17-6-2-1-3-7-17/h1-3,6-7,11-13,24H,4-5,8-10H2/t19-/m1/s1. The molecule has 0 bridgehead atoms. The molecular weight excluding hydrogens is 329 g/mol. The number of rotatable bonds is 5. The summed E-state index contributed by atoms with van der Waals surface area (Å²) in [4.78, 5) is 14.2. The summed E-state index contributed by atoms with van der Waals surface area (Å²) in [5, 5.41) is 11.0. The van der Waals surface area contributed by atoms with Crippen molar-refractivity contribution in [1.29, 1.82) is 0 Å². The van der Waals surface area contributed by atoms with Gasteiger partial charge in [-0.05, 0) is 55.2 Å². The fraction of sp³-hybridized carbons (Fsp3) is 0.316. The predicted octanol–water partition coefficient (Wildman–Crippen LogP) is 3.97. The number of hydrogen-bond acceptors (Lipinski definition) is 2. The predicted molar refractivity (Wildman–Crippen MR) is 92.7 cm³/mol. The van der Waals surface area contributed by atoms with Crippen LogP contribution < -0.4 is 4.90 Å². The molecule has 1 N–H and O–H groups in total. The third-order valence-corrected chi connectivity index (χ3v) is 4.66. The van der Waals surface area contributed by atoms with E-state index in [-0.39, 0.29) is 11.7 Å². The monoisotopic (exact) mass is 347 g/mol. The van der Waals surface area contributed by atoms with Crippen molar-refractivity contribution < 1.29 is 14.3 Å². The van der Waals surface area contributed by atoms with Crippen LogP contribution in [0.1, 0.15) is 24.8 Å². The summed E-state index contributed by atoms with van der Waals surface area (Å²) in [5.74, 6) is -0.630. The summed E-state index contributed by atoms with van der Waals surface area (Å²) in [6.45, 7) is 0.505. The maximum atomic E-state index is 13.3. The summed E-state index contributed by atoms with van der Waals surface area (Å²) in [6.07, 6.45) is 1.91. The number of benzene rings is 2. The molecule has 0 radical (unpaired) electrons. The van der Waals surface area contributed by atoms with Crippen molar-refractivity contribution >= 4 is 23.2 Å². The van der Waals surface area contributed by atoms with Gasteiger partial charge in [-0.15, -0.1) is 0 Å². The lowest BCUT2D eigenvalue weighted by Gasteiger charge is -2.22. The second-order valence-electron chi connectivity index (χ2n) is 6.21. The second kappa shape index (κ2) is 6.91. The summed E-state index contributed by atoms with van der Waals surface area (Å²) in [6, 6.07) is 13.7. The molecule has 0 spiro atoms. The van der Waals surface area contributed by atoms with Crippen molar-refractivity contribution in [2.75, 3.05) is 11.4 Å². The lowest BCUT2D eigenvalue weighted by atomic mass is 9.93. The van der Waals surface area contributed by atoms with Crippen LogP contribution in [-0.4, -0.2) is 23.2 Å². The number of carbonyl (C=O) groups is 1. The van der Waals surface area contributed by atoms with Crippen LogP contribution in [0.5, 0.6) is 0 Å². The molecule has 2 aromatic carbocycles. The summed E-state index contributed by atoms with van der Waals surface area (Å²) in [7, 11) is 0. The molecule has 0 aromatic heterocycles. The fourth-order valence-electron chi connectivity index (χ4n) is 3.18. The first-order valence-corrected chi connectivity index (χ1v) is 8.40. The molecule has 1 amide bonds. The number of anilines is 1. The van der Waals surface area contributed by atoms with E-state index < -0.39 is 5.60 Å². The maximum absolute atomic E-state index is 13.3. The number of amides is 1. The zero-order valence-corrected chi connectivity index (χ0v) is 14.0. The van der Waals surface area contributed by atoms with Gasteiger partial charge in [0.1, 0.15) is 11.4 Å². The summed E-state index contributed by atoms with van der Waals surface area (Å²) in [5.41, 5.74) is 0.233. The third-order valence-electron chi connectivity index (χ3n) is 4.44. The first-order chi connectivity index (χ1) is 11.5. The molecule has 5 heteroatoms. The summed E-state index contributed by atoms with van der Waals surface area (Å²) < 4.78 is 13.3. The average Bonchev–Trinajstić information content (AvgIpc) is 2.83. The Bertz CT molecular complexity index is 717. The molecule has 1 saturated heterocycles. The Morgan fingerprint density at radius 3 is 2.67 bits per heavy atom. The Morgan fingerprint density at radius 2 is 1.96 bits per heavy atom. The van der Waals surface area contributed by atoms with E-state index in [0.29, 0.717) is 37.3 Å². The Hall–Kier alpha value is -1.91. The first kappa shape index (κ1) is 16.9. The minimum absolute atomic E-state index is 0.258. The number of hydrogen-bond donors (Lipinski definition) is 1. The first-order valence-electron chi connectivity index (χ1n) is 8.02. The molecule has 0 aliphatic carbocycles. The largest absolute Gasteiger partial charge is 0.380 e. The molecular formula is C19H19ClFNO2. The Morgan fingerprint density at radius 1 is 1.21 bits per heavy atom. The van der Waals surface area contributed by atoms with E-state index in [1.165, 1.54) is 12.1 Å². The molecule has 1 aliphatic heterocycles. The molecule has 1 aliphatic rings. The highest BCUT2D eigenvalue weighted by Crippen LogP contribution is 2.32. The molecule has 3 nitrogen and oxygen atoms in total. The van der Waals surface area contributed by atoms with Gasteiger partial charge in [0.05, 0.1) is 0 Å². The zero-order chi connectivity index (χ0) is 17.2. The SMILES string of the molecule is O=C1N(c2ccccc2)CC[C@]1(O)CCCc1cc(F)cc(Cl)c1. The lowest BCUT2D eigenvalue weighted by molar-refractivity contribution is -0.133. The van der Waals surface area contributed by atoms with Gasteiger partial charge in [-0.3, -0.25) is 4.79 Å². The molecule has 0 unspecified atom stereocenters. The molecule has 126 valence electrons. The molecule has 1 fully saturated rings. The number of carbonyl (C=O) groups excluding carboxylic acids is 1. The van der Waals surface area contributed by atoms with Gasteiger partial charge >= 0.3 is 0 Å². The number of halogens is 2. The summed E-state index contributed by atoms with van der Waals surface area (Å²) >= 11 is 5.84. The highest BCUT2D eigenvalue weighted by molar-refractivity contribution is 6.30. The second-order valence-corrected chi connectivity index (χ2v) is 6.64. The molecule has 24 heavy (non-hydrogen) atoms. The molecule has 1 atom stereocenters. The van der Waals surface area contributed by atoms with Crippen LogP contribution in [-0.2, 0) is 11.2 Å². The van der Waals surface area contributed by atoms with Gasteiger partial charge in [-0.25, -0.2) is 4.39 Å². The van der Waals surface area contributed by atoms with Gasteiger partial charge in [0.15, 0.2) is 0 Å². The van der Waals surface area contributed by atoms with Gasteiger partial charge in [-0.1, -0.05) is 29.8 Å². The van der Waals surface area contributed by atoms with E-state index in [4.69, 9.17) is 11.6 Å². The van der Waals surface area contributed by atoms with Gasteiger partial charge in [-0.2, -0.15) is 0 Å². The van der Waals surface area contributed by atoms with E-state index in [1.54, 1.807) is 11.0 Å². The normalized spacial score (nSPS) is 20.6. The average molecular weight is 348 g/mol. The maximum Gasteiger partial charge on any atom is 0.259 e. The highest BCUT2D eigenvalue weighted by atomic mass is 35.5. The van der Waals surface area contributed by atoms with Crippen molar-refractivity contribution in [3.8, 4) is 0 Å². The highest BCUT2D eigenvalue weighted by Gasteiger charge is 2.44. The zero-order valence-electron chi connectivity index (χ0n) is 13.2. The third kappa shape index (κ3) is 3.60. The van der Waals surface area contributed by atoms with Gasteiger partial charge < -0.3 is 10.0 Å². The van der Waals surface area contributed by atoms with Crippen molar-refractivity contribution in [3.05, 3.63) is 64.9 Å². The Labute approximate surface area is 145 Å². The molecule has 0 saturated carbocycles. The number of aliphatic hydroxyl groups is 1. The quantitative estimate of drug-likeness (QED) is 0.889. The Balaban J connectivity index is 1.62. The molecule has 2 aromatic rings. The van der Waals surface area contributed by atoms with Crippen molar-refractivity contribution in [2.24, 2.45) is 0 Å². The van der Waals surface area contributed by atoms with E-state index in [9.17, 15) is 14.3 Å². The van der Waals surface area contributed by atoms with Gasteiger partial charge in [0, 0.05) is 23.7 Å². The molecule has 3 rings (SSSR count). The van der Waals surface area contributed by atoms with Crippen LogP contribution in [0.15, 0.2) is 48.5 Å². The van der Waals surface area contributed by atoms with Gasteiger partial charge in [0.25, 0.3) is 5.91 Å². The van der Waals surface area contributed by atoms with Crippen LogP contribution in [0.3, 0.4) is 0 Å². The van der Waals surface area contributed by atoms with Gasteiger partial charge in [0.2, 0.25) is 0 Å². The Kier molecular flexibility index (Phi) is 4.88. The van der Waals surface area contributed by atoms with Crippen LogP contribution >= 0.6 is 11.6 Å². The van der Waals surface area contributed by atoms with E-state index >= 15 is 0 Å². The van der Waals surface area contributed by atoms with Crippen molar-refractivity contribution in [1.82, 2.24) is 0 Å². The van der Waals surface area contributed by atoms with Crippen molar-refractivity contribution in [3.63, 3.8) is 0 Å². The van der Waals surface area contributed by atoms with Crippen LogP contribution in [0.4, 0.5) is 10.1 Å². The topological polar surface area (TPSA) is 40.5 Å². The number of para-hydroxylation sites is 1. The van der Waals surface area contributed by atoms with Crippen LogP contribution in [0, 0.1) is 5.82 Å². The minimum atomic E-state index is -1.34. The van der Waals surface area contributed by atoms with Crippen molar-refractivity contribution in [2.45, 2.75) is 31.3 Å². The van der Waals surface area contributed by atoms with Crippen LogP contribution in [0.25, 0.3) is 0 Å². The van der Waals surface area contributed by atoms with E-state index in [0.717, 1.165) is 11.3 Å². The number of nitrogens with zero attached hydrogens (tertiary/aromatic N) is 1. The number of aryl methyl sites for hydroxylation is 1. The smallest absolute Gasteiger partial charge is 0.259 e. The van der Waals surface area contributed by atoms with E-state index in [2.05, 4.69) is 0 Å². The van der Waals surface area contributed by atoms with Crippen LogP contribution in [0.2, 0.25) is 5.02 Å². The van der Waals surface area contributed by atoms with E-state index in [1.807, 2.05) is 30.3 Å². The lowest BCUT2D eigenvalue weighted by Crippen LogP contribution is -2.40.